The highest BCUT2D eigenvalue weighted by molar-refractivity contribution is 6.55. The Balaban J connectivity index is 2.36. The van der Waals surface area contributed by atoms with Crippen LogP contribution >= 0.6 is 0 Å². The molecule has 0 saturated carbocycles. The van der Waals surface area contributed by atoms with Gasteiger partial charge in [0.05, 0.1) is 23.5 Å². The molecule has 2 rings (SSSR count). The zero-order valence-electron chi connectivity index (χ0n) is 13.3. The summed E-state index contributed by atoms with van der Waals surface area (Å²) in [5, 5.41) is 9.67. The predicted octanol–water partition coefficient (Wildman–Crippen LogP) is 2.66. The maximum atomic E-state index is 10.5. The first kappa shape index (κ1) is 16.7. The van der Waals surface area contributed by atoms with Crippen molar-refractivity contribution in [1.29, 1.82) is 0 Å². The molecule has 0 aliphatic carbocycles. The first-order valence-corrected chi connectivity index (χ1v) is 7.14. The molecule has 1 aromatic rings. The number of aliphatic hydroxyl groups excluding tert-OH is 1. The molecule has 0 spiro atoms. The number of aliphatic imine (C=N–C) groups is 1. The van der Waals surface area contributed by atoms with E-state index in [2.05, 4.69) is 4.99 Å². The summed E-state index contributed by atoms with van der Waals surface area (Å²) in [4.78, 5) is 14.2. The minimum atomic E-state index is -0.636. The van der Waals surface area contributed by atoms with Gasteiger partial charge in [0.15, 0.2) is 0 Å². The van der Waals surface area contributed by atoms with Crippen molar-refractivity contribution < 1.29 is 19.2 Å². The monoisotopic (exact) mass is 301 g/mol. The molecule has 1 aliphatic heterocycles. The topological polar surface area (TPSA) is 68.1 Å². The largest absolute Gasteiger partial charge is 0.492 e. The Hall–Kier alpha value is -1.72. The molecule has 1 N–H and O–H groups in total. The van der Waals surface area contributed by atoms with Gasteiger partial charge in [-0.05, 0) is 39.2 Å². The summed E-state index contributed by atoms with van der Waals surface area (Å²) in [6.45, 7) is 7.59. The summed E-state index contributed by atoms with van der Waals surface area (Å²) >= 11 is 0. The molecular weight excluding hydrogens is 281 g/mol. The molecule has 1 fully saturated rings. The zero-order chi connectivity index (χ0) is 16.4. The molecule has 0 bridgehead atoms. The maximum absolute atomic E-state index is 10.5. The molecule has 0 radical (unpaired) electrons. The average molecular weight is 301 g/mol. The number of para-hydroxylation sites is 1. The van der Waals surface area contributed by atoms with Crippen LogP contribution < -0.4 is 0 Å². The van der Waals surface area contributed by atoms with Gasteiger partial charge in [0.25, 0.3) is 0 Å². The SMILES string of the molecule is CC1(C)OB(C(=Cc2ccccc2N=C=O)CO)OC1(C)C. The van der Waals surface area contributed by atoms with E-state index in [1.165, 1.54) is 6.08 Å². The number of isocyanates is 1. The predicted molar refractivity (Wildman–Crippen MR) is 85.4 cm³/mol. The normalized spacial score (nSPS) is 19.9. The van der Waals surface area contributed by atoms with Gasteiger partial charge < -0.3 is 14.4 Å². The molecule has 6 heteroatoms. The highest BCUT2D eigenvalue weighted by Crippen LogP contribution is 2.39. The molecular formula is C16H20BNO4. The Labute approximate surface area is 130 Å². The Morgan fingerprint density at radius 2 is 1.86 bits per heavy atom. The van der Waals surface area contributed by atoms with Crippen molar-refractivity contribution in [2.45, 2.75) is 38.9 Å². The molecule has 0 atom stereocenters. The van der Waals surface area contributed by atoms with E-state index in [1.807, 2.05) is 33.8 Å². The minimum absolute atomic E-state index is 0.212. The number of benzene rings is 1. The lowest BCUT2D eigenvalue weighted by atomic mass is 9.77. The standard InChI is InChI=1S/C16H20BNO4/c1-15(2)16(3,4)22-17(21-15)13(10-19)9-12-7-5-6-8-14(12)18-11-20/h5-9,19H,10H2,1-4H3. The maximum Gasteiger partial charge on any atom is 0.492 e. The molecule has 1 saturated heterocycles. The fourth-order valence-electron chi connectivity index (χ4n) is 2.14. The fourth-order valence-corrected chi connectivity index (χ4v) is 2.14. The van der Waals surface area contributed by atoms with Crippen LogP contribution in [0.2, 0.25) is 0 Å². The average Bonchev–Trinajstić information content (AvgIpc) is 2.66. The third-order valence-electron chi connectivity index (χ3n) is 4.18. The second-order valence-corrected chi connectivity index (χ2v) is 6.23. The van der Waals surface area contributed by atoms with Crippen molar-refractivity contribution in [3.05, 3.63) is 35.3 Å². The van der Waals surface area contributed by atoms with E-state index in [4.69, 9.17) is 9.31 Å². The van der Waals surface area contributed by atoms with E-state index >= 15 is 0 Å². The van der Waals surface area contributed by atoms with Gasteiger partial charge in [-0.1, -0.05) is 24.3 Å². The molecule has 1 heterocycles. The lowest BCUT2D eigenvalue weighted by Gasteiger charge is -2.32. The Morgan fingerprint density at radius 1 is 1.27 bits per heavy atom. The number of nitrogens with zero attached hydrogens (tertiary/aromatic N) is 1. The van der Waals surface area contributed by atoms with Crippen LogP contribution in [0.5, 0.6) is 0 Å². The third kappa shape index (κ3) is 3.21. The van der Waals surface area contributed by atoms with Crippen molar-refractivity contribution in [1.82, 2.24) is 0 Å². The smallest absolute Gasteiger partial charge is 0.400 e. The fraction of sp³-hybridized carbons (Fsp3) is 0.438. The van der Waals surface area contributed by atoms with Crippen LogP contribution in [0.25, 0.3) is 6.08 Å². The summed E-state index contributed by atoms with van der Waals surface area (Å²) < 4.78 is 11.9. The number of aliphatic hydroxyl groups is 1. The summed E-state index contributed by atoms with van der Waals surface area (Å²) in [5.74, 6) is 0. The van der Waals surface area contributed by atoms with Crippen LogP contribution in [0.3, 0.4) is 0 Å². The Kier molecular flexibility index (Phi) is 4.68. The van der Waals surface area contributed by atoms with Crippen LogP contribution in [-0.4, -0.2) is 36.1 Å². The van der Waals surface area contributed by atoms with Crippen LogP contribution in [0, 0.1) is 0 Å². The molecule has 0 unspecified atom stereocenters. The van der Waals surface area contributed by atoms with Gasteiger partial charge in [0, 0.05) is 5.56 Å². The van der Waals surface area contributed by atoms with Crippen molar-refractivity contribution in [2.75, 3.05) is 6.61 Å². The number of carbonyl (C=O) groups excluding carboxylic acids is 1. The summed E-state index contributed by atoms with van der Waals surface area (Å²) in [6.07, 6.45) is 3.27. The lowest BCUT2D eigenvalue weighted by molar-refractivity contribution is 0.00578. The van der Waals surface area contributed by atoms with E-state index in [1.54, 1.807) is 24.3 Å². The number of rotatable bonds is 4. The van der Waals surface area contributed by atoms with Crippen LogP contribution in [0.15, 0.2) is 34.7 Å². The van der Waals surface area contributed by atoms with Gasteiger partial charge in [-0.3, -0.25) is 0 Å². The molecule has 22 heavy (non-hydrogen) atoms. The minimum Gasteiger partial charge on any atom is -0.400 e. The number of hydrogen-bond donors (Lipinski definition) is 1. The zero-order valence-corrected chi connectivity index (χ0v) is 13.3. The van der Waals surface area contributed by atoms with Crippen molar-refractivity contribution in [2.24, 2.45) is 4.99 Å². The molecule has 1 aliphatic rings. The lowest BCUT2D eigenvalue weighted by Crippen LogP contribution is -2.41. The molecule has 116 valence electrons. The molecule has 5 nitrogen and oxygen atoms in total. The third-order valence-corrected chi connectivity index (χ3v) is 4.18. The van der Waals surface area contributed by atoms with Gasteiger partial charge in [-0.25, -0.2) is 4.79 Å². The van der Waals surface area contributed by atoms with Gasteiger partial charge >= 0.3 is 7.12 Å². The Bertz CT molecular complexity index is 617. The van der Waals surface area contributed by atoms with Crippen LogP contribution in [-0.2, 0) is 14.1 Å². The van der Waals surface area contributed by atoms with E-state index in [0.29, 0.717) is 16.7 Å². The first-order chi connectivity index (χ1) is 10.3. The Morgan fingerprint density at radius 3 is 2.41 bits per heavy atom. The second kappa shape index (κ2) is 6.19. The quantitative estimate of drug-likeness (QED) is 0.527. The van der Waals surface area contributed by atoms with Crippen LogP contribution in [0.4, 0.5) is 5.69 Å². The second-order valence-electron chi connectivity index (χ2n) is 6.23. The van der Waals surface area contributed by atoms with Gasteiger partial charge in [-0.15, -0.1) is 0 Å². The summed E-state index contributed by atoms with van der Waals surface area (Å²) in [5.41, 5.74) is 0.801. The van der Waals surface area contributed by atoms with E-state index in [9.17, 15) is 9.90 Å². The highest BCUT2D eigenvalue weighted by atomic mass is 16.7. The van der Waals surface area contributed by atoms with Gasteiger partial charge in [0.1, 0.15) is 0 Å². The summed E-state index contributed by atoms with van der Waals surface area (Å²) in [6, 6.07) is 7.11. The molecule has 0 aromatic heterocycles. The summed E-state index contributed by atoms with van der Waals surface area (Å²) in [7, 11) is -0.636. The van der Waals surface area contributed by atoms with Gasteiger partial charge in [0.2, 0.25) is 6.08 Å². The van der Waals surface area contributed by atoms with Crippen molar-refractivity contribution in [3.63, 3.8) is 0 Å². The van der Waals surface area contributed by atoms with Crippen molar-refractivity contribution >= 4 is 25.0 Å². The van der Waals surface area contributed by atoms with E-state index in [0.717, 1.165) is 0 Å². The molecule has 1 aromatic carbocycles. The highest BCUT2D eigenvalue weighted by Gasteiger charge is 2.52. The van der Waals surface area contributed by atoms with Crippen LogP contribution in [0.1, 0.15) is 33.3 Å². The molecule has 0 amide bonds. The van der Waals surface area contributed by atoms with Crippen molar-refractivity contribution in [3.8, 4) is 0 Å². The number of hydrogen-bond acceptors (Lipinski definition) is 5. The van der Waals surface area contributed by atoms with Gasteiger partial charge in [-0.2, -0.15) is 4.99 Å². The first-order valence-electron chi connectivity index (χ1n) is 7.14. The van der Waals surface area contributed by atoms with E-state index < -0.39 is 18.3 Å². The van der Waals surface area contributed by atoms with E-state index in [-0.39, 0.29) is 6.61 Å².